The van der Waals surface area contributed by atoms with Gasteiger partial charge in [-0.25, -0.2) is 0 Å². The van der Waals surface area contributed by atoms with Gasteiger partial charge in [-0.2, -0.15) is 0 Å². The van der Waals surface area contributed by atoms with Crippen LogP contribution in [0.25, 0.3) is 0 Å². The normalized spacial score (nSPS) is 32.9. The van der Waals surface area contributed by atoms with Gasteiger partial charge in [0.25, 0.3) is 0 Å². The first-order chi connectivity index (χ1) is 32.8. The highest BCUT2D eigenvalue weighted by Gasteiger charge is 2.60. The standard InChI is InChI=1S/2C28H37NO5Si/c2*1-16-13-20(25(30)29-11-7-8-12-29)18-9-10-19-23(22(16)18)17(15-33-35(5,6)28(2,3)4)14-21-24(19)27(32)34-26(21)31/h2*7-8,11-12,18-22,24H,1,9-10,13-15H2,2-6H3/t2*18-,19+,20+,21-,22+,24+/m11/s1. The molecule has 0 aromatic carbocycles. The van der Waals surface area contributed by atoms with Crippen LogP contribution in [0.5, 0.6) is 0 Å². The third-order valence-electron chi connectivity index (χ3n) is 19.0. The van der Waals surface area contributed by atoms with Crippen molar-refractivity contribution >= 4 is 52.3 Å². The van der Waals surface area contributed by atoms with Gasteiger partial charge in [0.1, 0.15) is 0 Å². The van der Waals surface area contributed by atoms with Crippen molar-refractivity contribution in [3.63, 3.8) is 0 Å². The predicted molar refractivity (Wildman–Crippen MR) is 270 cm³/mol. The van der Waals surface area contributed by atoms with Gasteiger partial charge in [0.05, 0.1) is 36.9 Å². The van der Waals surface area contributed by atoms with Crippen molar-refractivity contribution in [2.75, 3.05) is 13.2 Å². The van der Waals surface area contributed by atoms with E-state index in [0.717, 1.165) is 48.0 Å². The summed E-state index contributed by atoms with van der Waals surface area (Å²) in [4.78, 5) is 77.5. The molecule has 2 aromatic heterocycles. The van der Waals surface area contributed by atoms with E-state index >= 15 is 0 Å². The van der Waals surface area contributed by atoms with Crippen molar-refractivity contribution in [3.8, 4) is 0 Å². The molecule has 0 unspecified atom stereocenters. The molecule has 0 spiro atoms. The highest BCUT2D eigenvalue weighted by atomic mass is 28.4. The lowest BCUT2D eigenvalue weighted by molar-refractivity contribution is -0.155. The van der Waals surface area contributed by atoms with E-state index in [1.807, 2.05) is 49.1 Å². The van der Waals surface area contributed by atoms with E-state index in [0.29, 0.717) is 38.9 Å². The summed E-state index contributed by atoms with van der Waals surface area (Å²) in [6.45, 7) is 32.1. The van der Waals surface area contributed by atoms with Crippen molar-refractivity contribution in [3.05, 3.63) is 95.6 Å². The molecule has 8 aliphatic rings. The Labute approximate surface area is 415 Å². The van der Waals surface area contributed by atoms with Gasteiger partial charge in [0.2, 0.25) is 11.8 Å². The molecule has 2 aromatic rings. The van der Waals surface area contributed by atoms with E-state index in [4.69, 9.17) is 18.3 Å². The molecule has 0 bridgehead atoms. The van der Waals surface area contributed by atoms with E-state index in [9.17, 15) is 28.8 Å². The van der Waals surface area contributed by atoms with Gasteiger partial charge in [-0.3, -0.25) is 37.9 Å². The van der Waals surface area contributed by atoms with Gasteiger partial charge in [0, 0.05) is 48.5 Å². The second kappa shape index (κ2) is 18.2. The fourth-order valence-electron chi connectivity index (χ4n) is 13.4. The van der Waals surface area contributed by atoms with Crippen molar-refractivity contribution in [2.24, 2.45) is 71.0 Å². The fraction of sp³-hybridized carbons (Fsp3) is 0.607. The van der Waals surface area contributed by atoms with Gasteiger partial charge < -0.3 is 18.3 Å². The predicted octanol–water partition coefficient (Wildman–Crippen LogP) is 10.8. The Balaban J connectivity index is 0.000000174. The summed E-state index contributed by atoms with van der Waals surface area (Å²) < 4.78 is 27.0. The summed E-state index contributed by atoms with van der Waals surface area (Å²) in [5.41, 5.74) is 6.86. The number of esters is 4. The molecule has 2 saturated heterocycles. The molecule has 376 valence electrons. The third-order valence-corrected chi connectivity index (χ3v) is 28.0. The molecule has 0 N–H and O–H groups in total. The number of carbonyl (C=O) groups excluding carboxylic acids is 6. The largest absolute Gasteiger partial charge is 0.413 e. The minimum Gasteiger partial charge on any atom is -0.413 e. The smallest absolute Gasteiger partial charge is 0.318 e. The van der Waals surface area contributed by atoms with Crippen LogP contribution in [0.3, 0.4) is 0 Å². The van der Waals surface area contributed by atoms with E-state index in [1.54, 1.807) is 9.13 Å². The number of carbonyl (C=O) groups is 6. The molecule has 70 heavy (non-hydrogen) atoms. The number of allylic oxidation sites excluding steroid dienone is 4. The molecule has 0 radical (unpaired) electrons. The Kier molecular flexibility index (Phi) is 13.1. The quantitative estimate of drug-likeness (QED) is 0.108. The first kappa shape index (κ1) is 50.4. The lowest BCUT2D eigenvalue weighted by atomic mass is 9.59. The lowest BCUT2D eigenvalue weighted by Gasteiger charge is -2.45. The van der Waals surface area contributed by atoms with Crippen LogP contribution in [0.1, 0.15) is 102 Å². The van der Waals surface area contributed by atoms with Gasteiger partial charge in [0.15, 0.2) is 16.6 Å². The maximum absolute atomic E-state index is 13.4. The molecule has 12 nitrogen and oxygen atoms in total. The van der Waals surface area contributed by atoms with Crippen LogP contribution in [0.4, 0.5) is 0 Å². The number of ether oxygens (including phenoxy) is 2. The molecule has 14 heteroatoms. The van der Waals surface area contributed by atoms with Gasteiger partial charge in [-0.15, -0.1) is 0 Å². The molecule has 6 fully saturated rings. The summed E-state index contributed by atoms with van der Waals surface area (Å²) >= 11 is 0. The third kappa shape index (κ3) is 8.63. The monoisotopic (exact) mass is 990 g/mol. The minimum absolute atomic E-state index is 0.0378. The van der Waals surface area contributed by atoms with Crippen molar-refractivity contribution < 1.29 is 47.1 Å². The zero-order chi connectivity index (χ0) is 50.6. The van der Waals surface area contributed by atoms with Crippen LogP contribution in [0.15, 0.2) is 95.6 Å². The van der Waals surface area contributed by atoms with Crippen LogP contribution in [0.2, 0.25) is 36.3 Å². The molecule has 12 atom stereocenters. The Morgan fingerprint density at radius 1 is 0.557 bits per heavy atom. The van der Waals surface area contributed by atoms with Crippen molar-refractivity contribution in [2.45, 2.75) is 129 Å². The second-order valence-corrected chi connectivity index (χ2v) is 34.4. The fourth-order valence-corrected chi connectivity index (χ4v) is 15.3. The van der Waals surface area contributed by atoms with Gasteiger partial charge in [-0.05, 0) is 147 Å². The molecular weight excluding hydrogens is 917 g/mol. The highest BCUT2D eigenvalue weighted by molar-refractivity contribution is 6.74. The Hall–Kier alpha value is -4.51. The number of rotatable bonds is 8. The summed E-state index contributed by atoms with van der Waals surface area (Å²) in [5.74, 6) is -2.85. The summed E-state index contributed by atoms with van der Waals surface area (Å²) in [7, 11) is -4.05. The molecule has 0 amide bonds. The maximum Gasteiger partial charge on any atom is 0.318 e. The van der Waals surface area contributed by atoms with Crippen molar-refractivity contribution in [1.29, 1.82) is 0 Å². The Bertz CT molecular complexity index is 2390. The first-order valence-corrected chi connectivity index (χ1v) is 31.5. The molecule has 4 saturated carbocycles. The first-order valence-electron chi connectivity index (χ1n) is 25.7. The maximum atomic E-state index is 13.4. The summed E-state index contributed by atoms with van der Waals surface area (Å²) in [5, 5.41) is 0.134. The summed E-state index contributed by atoms with van der Waals surface area (Å²) in [6.07, 6.45) is 12.8. The zero-order valence-electron chi connectivity index (χ0n) is 43.0. The van der Waals surface area contributed by atoms with E-state index in [2.05, 4.69) is 80.9 Å². The number of fused-ring (bicyclic) bond motifs is 10. The van der Waals surface area contributed by atoms with Gasteiger partial charge in [-0.1, -0.05) is 77.0 Å². The topological polar surface area (TPSA) is 149 Å². The molecule has 10 rings (SSSR count). The van der Waals surface area contributed by atoms with Crippen LogP contribution in [-0.2, 0) is 37.5 Å². The Morgan fingerprint density at radius 3 is 1.23 bits per heavy atom. The summed E-state index contributed by atoms with van der Waals surface area (Å²) in [6, 6.07) is 7.50. The van der Waals surface area contributed by atoms with E-state index in [-0.39, 0.29) is 81.2 Å². The number of hydrogen-bond donors (Lipinski definition) is 0. The SMILES string of the molecule is C=C1C[C@H](C(=O)n2cccc2)[C@H]2CC[C@H]3C(=C(CO[Si](C)(C)C(C)(C)C)C[C@H]4C(=O)OC(=O)[C@H]43)[C@@H]12.C=C1C[C@H](C(=O)n2cccc2)[C@H]2CC[C@H]3C(=C(CO[Si](C)(C)C(C)(C)C)C[C@H]4C(=O)OC(=O)[C@H]43)[C@@H]12. The van der Waals surface area contributed by atoms with Crippen molar-refractivity contribution in [1.82, 2.24) is 9.13 Å². The van der Waals surface area contributed by atoms with Crippen LogP contribution < -0.4 is 0 Å². The van der Waals surface area contributed by atoms with Crippen LogP contribution in [0, 0.1) is 71.0 Å². The second-order valence-electron chi connectivity index (χ2n) is 24.8. The molecular formula is C56H74N2O10Si2. The number of cyclic esters (lactones) is 4. The Morgan fingerprint density at radius 2 is 0.900 bits per heavy atom. The number of hydrogen-bond acceptors (Lipinski definition) is 10. The average Bonchev–Trinajstić information content (AvgIpc) is 4.17. The number of aromatic nitrogens is 2. The minimum atomic E-state index is -2.03. The highest BCUT2D eigenvalue weighted by Crippen LogP contribution is 2.61. The van der Waals surface area contributed by atoms with E-state index < -0.39 is 52.2 Å². The van der Waals surface area contributed by atoms with Crippen LogP contribution in [-0.4, -0.2) is 74.7 Å². The average molecular weight is 991 g/mol. The number of nitrogens with zero attached hydrogens (tertiary/aromatic N) is 2. The molecule has 6 aliphatic carbocycles. The molecule has 2 aliphatic heterocycles. The van der Waals surface area contributed by atoms with Gasteiger partial charge >= 0.3 is 23.9 Å². The zero-order valence-corrected chi connectivity index (χ0v) is 45.0. The molecule has 4 heterocycles. The van der Waals surface area contributed by atoms with Crippen LogP contribution >= 0.6 is 0 Å². The van der Waals surface area contributed by atoms with E-state index in [1.165, 1.54) is 11.1 Å². The lowest BCUT2D eigenvalue weighted by Crippen LogP contribution is -2.44.